The van der Waals surface area contributed by atoms with E-state index in [0.717, 1.165) is 17.6 Å². The van der Waals surface area contributed by atoms with Gasteiger partial charge in [0, 0.05) is 17.0 Å². The van der Waals surface area contributed by atoms with Crippen molar-refractivity contribution in [3.63, 3.8) is 0 Å². The molecule has 108 valence electrons. The van der Waals surface area contributed by atoms with Crippen molar-refractivity contribution >= 4 is 23.3 Å². The third-order valence-corrected chi connectivity index (χ3v) is 3.53. The molecule has 3 nitrogen and oxygen atoms in total. The van der Waals surface area contributed by atoms with Gasteiger partial charge in [0.2, 0.25) is 0 Å². The van der Waals surface area contributed by atoms with E-state index < -0.39 is 5.97 Å². The summed E-state index contributed by atoms with van der Waals surface area (Å²) in [6.45, 7) is 4.03. The van der Waals surface area contributed by atoms with E-state index in [9.17, 15) is 4.79 Å². The van der Waals surface area contributed by atoms with Crippen LogP contribution >= 0.6 is 11.6 Å². The number of hydrogen-bond acceptors (Lipinski definition) is 2. The summed E-state index contributed by atoms with van der Waals surface area (Å²) in [5, 5.41) is 17.5. The molecule has 2 N–H and O–H groups in total. The summed E-state index contributed by atoms with van der Waals surface area (Å²) in [4.78, 5) is 10.6. The molecule has 1 aromatic carbocycles. The molecule has 1 unspecified atom stereocenters. The number of nitrogens with one attached hydrogen (secondary N) is 1. The molecular weight excluding hydrogens is 274 g/mol. The molecule has 0 heterocycles. The molecule has 20 heavy (non-hydrogen) atoms. The molecule has 0 aliphatic carbocycles. The van der Waals surface area contributed by atoms with Gasteiger partial charge in [-0.15, -0.1) is 0 Å². The smallest absolute Gasteiger partial charge is 0.303 e. The van der Waals surface area contributed by atoms with Crippen LogP contribution in [0.1, 0.15) is 38.7 Å². The molecule has 0 radical (unpaired) electrons. The van der Waals surface area contributed by atoms with Crippen molar-refractivity contribution in [3.8, 4) is 0 Å². The van der Waals surface area contributed by atoms with Crippen molar-refractivity contribution in [1.29, 1.82) is 5.41 Å². The molecular formula is C16H20ClNO2. The molecule has 0 bridgehead atoms. The van der Waals surface area contributed by atoms with Crippen molar-refractivity contribution in [3.05, 3.63) is 46.5 Å². The second-order valence-corrected chi connectivity index (χ2v) is 5.27. The number of carboxylic acid groups (broad SMARTS) is 1. The van der Waals surface area contributed by atoms with Crippen LogP contribution in [0.15, 0.2) is 35.9 Å². The maximum Gasteiger partial charge on any atom is 0.303 e. The van der Waals surface area contributed by atoms with Gasteiger partial charge in [-0.1, -0.05) is 43.2 Å². The van der Waals surface area contributed by atoms with Crippen LogP contribution in [0, 0.1) is 11.3 Å². The van der Waals surface area contributed by atoms with E-state index in [-0.39, 0.29) is 12.3 Å². The lowest BCUT2D eigenvalue weighted by molar-refractivity contribution is -0.137. The van der Waals surface area contributed by atoms with Gasteiger partial charge in [0.05, 0.1) is 5.71 Å². The minimum Gasteiger partial charge on any atom is -0.481 e. The van der Waals surface area contributed by atoms with Gasteiger partial charge in [-0.05, 0) is 37.0 Å². The first kappa shape index (κ1) is 16.4. The number of rotatable bonds is 7. The van der Waals surface area contributed by atoms with E-state index in [1.807, 2.05) is 32.1 Å². The maximum atomic E-state index is 10.6. The number of carboxylic acids is 1. The van der Waals surface area contributed by atoms with E-state index in [1.54, 1.807) is 12.1 Å². The largest absolute Gasteiger partial charge is 0.481 e. The average Bonchev–Trinajstić information content (AvgIpc) is 2.41. The van der Waals surface area contributed by atoms with Crippen molar-refractivity contribution in [2.24, 2.45) is 5.92 Å². The van der Waals surface area contributed by atoms with Crippen LogP contribution in [0.4, 0.5) is 0 Å². The SMILES string of the molecule is CCC(=CC(=N)c1cccc(Cl)c1)C(C)CCC(=O)O. The number of hydrogen-bond donors (Lipinski definition) is 2. The Hall–Kier alpha value is -1.61. The first-order valence-electron chi connectivity index (χ1n) is 6.70. The lowest BCUT2D eigenvalue weighted by Gasteiger charge is -2.14. The fourth-order valence-electron chi connectivity index (χ4n) is 2.04. The number of carbonyl (C=O) groups is 1. The van der Waals surface area contributed by atoms with E-state index in [1.165, 1.54) is 0 Å². The number of allylic oxidation sites excluding steroid dienone is 2. The van der Waals surface area contributed by atoms with Crippen LogP contribution in [0.3, 0.4) is 0 Å². The van der Waals surface area contributed by atoms with E-state index in [4.69, 9.17) is 22.1 Å². The number of benzene rings is 1. The average molecular weight is 294 g/mol. The zero-order chi connectivity index (χ0) is 15.1. The highest BCUT2D eigenvalue weighted by Gasteiger charge is 2.11. The van der Waals surface area contributed by atoms with Crippen LogP contribution in [0.5, 0.6) is 0 Å². The molecule has 1 aromatic rings. The second-order valence-electron chi connectivity index (χ2n) is 4.83. The summed E-state index contributed by atoms with van der Waals surface area (Å²) < 4.78 is 0. The summed E-state index contributed by atoms with van der Waals surface area (Å²) in [5.41, 5.74) is 2.27. The van der Waals surface area contributed by atoms with Crippen LogP contribution in [-0.2, 0) is 4.79 Å². The second kappa shape index (κ2) is 7.85. The molecule has 1 atom stereocenters. The molecule has 0 spiro atoms. The van der Waals surface area contributed by atoms with Gasteiger partial charge in [-0.2, -0.15) is 0 Å². The highest BCUT2D eigenvalue weighted by Crippen LogP contribution is 2.21. The molecule has 4 heteroatoms. The Labute approximate surface area is 124 Å². The normalized spacial score (nSPS) is 13.1. The molecule has 0 aromatic heterocycles. The van der Waals surface area contributed by atoms with Crippen molar-refractivity contribution < 1.29 is 9.90 Å². The third-order valence-electron chi connectivity index (χ3n) is 3.30. The van der Waals surface area contributed by atoms with Crippen molar-refractivity contribution in [2.45, 2.75) is 33.1 Å². The van der Waals surface area contributed by atoms with Crippen LogP contribution in [0.2, 0.25) is 5.02 Å². The zero-order valence-electron chi connectivity index (χ0n) is 11.8. The summed E-state index contributed by atoms with van der Waals surface area (Å²) >= 11 is 5.92. The van der Waals surface area contributed by atoms with E-state index >= 15 is 0 Å². The molecule has 0 amide bonds. The zero-order valence-corrected chi connectivity index (χ0v) is 12.6. The Balaban J connectivity index is 2.82. The summed E-state index contributed by atoms with van der Waals surface area (Å²) in [7, 11) is 0. The maximum absolute atomic E-state index is 10.6. The monoisotopic (exact) mass is 293 g/mol. The molecule has 0 saturated carbocycles. The fourth-order valence-corrected chi connectivity index (χ4v) is 2.23. The van der Waals surface area contributed by atoms with Crippen molar-refractivity contribution in [2.75, 3.05) is 0 Å². The predicted molar refractivity (Wildman–Crippen MR) is 82.7 cm³/mol. The first-order chi connectivity index (χ1) is 9.43. The molecule has 1 rings (SSSR count). The van der Waals surface area contributed by atoms with Crippen LogP contribution in [-0.4, -0.2) is 16.8 Å². The molecule has 0 saturated heterocycles. The standard InChI is InChI=1S/C16H20ClNO2/c1-3-12(11(2)7-8-16(19)20)10-15(18)13-5-4-6-14(17)9-13/h4-6,9-11,18H,3,7-8H2,1-2H3,(H,19,20). The van der Waals surface area contributed by atoms with Crippen molar-refractivity contribution in [1.82, 2.24) is 0 Å². The number of halogens is 1. The minimum atomic E-state index is -0.780. The lowest BCUT2D eigenvalue weighted by Crippen LogP contribution is -2.06. The minimum absolute atomic E-state index is 0.156. The Morgan fingerprint density at radius 2 is 2.20 bits per heavy atom. The third kappa shape index (κ3) is 5.17. The number of aliphatic carboxylic acids is 1. The van der Waals surface area contributed by atoms with Gasteiger partial charge >= 0.3 is 5.97 Å². The highest BCUT2D eigenvalue weighted by atomic mass is 35.5. The van der Waals surface area contributed by atoms with Gasteiger partial charge in [0.15, 0.2) is 0 Å². The van der Waals surface area contributed by atoms with Gasteiger partial charge in [0.1, 0.15) is 0 Å². The van der Waals surface area contributed by atoms with E-state index in [2.05, 4.69) is 0 Å². The van der Waals surface area contributed by atoms with Gasteiger partial charge in [-0.25, -0.2) is 0 Å². The molecule has 0 fully saturated rings. The van der Waals surface area contributed by atoms with Crippen LogP contribution in [0.25, 0.3) is 0 Å². The summed E-state index contributed by atoms with van der Waals surface area (Å²) in [6.07, 6.45) is 3.39. The molecule has 0 aliphatic heterocycles. The highest BCUT2D eigenvalue weighted by molar-refractivity contribution is 6.31. The Morgan fingerprint density at radius 3 is 2.75 bits per heavy atom. The summed E-state index contributed by atoms with van der Waals surface area (Å²) in [5.74, 6) is -0.618. The van der Waals surface area contributed by atoms with E-state index in [0.29, 0.717) is 17.2 Å². The molecule has 0 aliphatic rings. The summed E-state index contributed by atoms with van der Waals surface area (Å²) in [6, 6.07) is 7.20. The van der Waals surface area contributed by atoms with Gasteiger partial charge in [-0.3, -0.25) is 4.79 Å². The Bertz CT molecular complexity index is 523. The first-order valence-corrected chi connectivity index (χ1v) is 7.08. The topological polar surface area (TPSA) is 61.2 Å². The van der Waals surface area contributed by atoms with Gasteiger partial charge in [0.25, 0.3) is 0 Å². The van der Waals surface area contributed by atoms with Gasteiger partial charge < -0.3 is 10.5 Å². The fraction of sp³-hybridized carbons (Fsp3) is 0.375. The Morgan fingerprint density at radius 1 is 1.50 bits per heavy atom. The Kier molecular flexibility index (Phi) is 6.46. The predicted octanol–water partition coefficient (Wildman–Crippen LogP) is 4.55. The quantitative estimate of drug-likeness (QED) is 0.725. The van der Waals surface area contributed by atoms with Crippen LogP contribution < -0.4 is 0 Å². The lowest BCUT2D eigenvalue weighted by atomic mass is 9.92.